The number of likely N-dealkylation sites (N-methyl/N-ethyl adjacent to an activating group) is 1. The second-order valence-electron chi connectivity index (χ2n) is 27.7. The zero-order valence-electron chi connectivity index (χ0n) is 63.4. The molecule has 0 heterocycles. The number of hydrogen-bond donors (Lipinski definition) is 1. The summed E-state index contributed by atoms with van der Waals surface area (Å²) in [5.74, 6) is -2.04. The molecule has 97 heavy (non-hydrogen) atoms. The van der Waals surface area contributed by atoms with Crippen LogP contribution in [-0.4, -0.2) is 87.4 Å². The van der Waals surface area contributed by atoms with Gasteiger partial charge in [0.2, 0.25) is 0 Å². The molecule has 2 atom stereocenters. The molecule has 554 valence electrons. The average Bonchev–Trinajstić information content (AvgIpc) is 3.27. The fourth-order valence-corrected chi connectivity index (χ4v) is 11.1. The maximum Gasteiger partial charge on any atom is 0.361 e. The van der Waals surface area contributed by atoms with Crippen molar-refractivity contribution in [2.24, 2.45) is 0 Å². The molecule has 0 fully saturated rings. The smallest absolute Gasteiger partial charge is 0.361 e. The van der Waals surface area contributed by atoms with Crippen LogP contribution in [0.1, 0.15) is 335 Å². The van der Waals surface area contributed by atoms with Gasteiger partial charge in [-0.25, -0.2) is 4.79 Å². The van der Waals surface area contributed by atoms with Gasteiger partial charge in [0.1, 0.15) is 13.2 Å². The molecule has 0 aromatic rings. The first-order chi connectivity index (χ1) is 47.6. The third-order valence-corrected chi connectivity index (χ3v) is 17.1. The summed E-state index contributed by atoms with van der Waals surface area (Å²) in [6, 6.07) is 0. The van der Waals surface area contributed by atoms with Crippen molar-refractivity contribution >= 4 is 17.9 Å². The van der Waals surface area contributed by atoms with Crippen LogP contribution >= 0.6 is 0 Å². The summed E-state index contributed by atoms with van der Waals surface area (Å²) in [6.07, 6.45) is 110. The summed E-state index contributed by atoms with van der Waals surface area (Å²) in [7, 11) is 5.97. The molecule has 0 bridgehead atoms. The lowest BCUT2D eigenvalue weighted by Crippen LogP contribution is -2.40. The first kappa shape index (κ1) is 92.2. The number of aliphatic carboxylic acids is 1. The minimum atomic E-state index is -1.53. The van der Waals surface area contributed by atoms with Crippen LogP contribution in [-0.2, 0) is 33.3 Å². The van der Waals surface area contributed by atoms with E-state index in [1.54, 1.807) is 0 Å². The maximum absolute atomic E-state index is 13.0. The normalized spacial score (nSPS) is 13.5. The molecular formula is C88H150NO8+. The maximum atomic E-state index is 13.0. The lowest BCUT2D eigenvalue weighted by Gasteiger charge is -2.25. The molecule has 2 unspecified atom stereocenters. The number of esters is 2. The van der Waals surface area contributed by atoms with E-state index in [1.807, 2.05) is 21.1 Å². The Hall–Kier alpha value is -4.83. The van der Waals surface area contributed by atoms with E-state index in [2.05, 4.69) is 160 Å². The van der Waals surface area contributed by atoms with Gasteiger partial charge in [-0.05, 0) is 103 Å². The monoisotopic (exact) mass is 1350 g/mol. The summed E-state index contributed by atoms with van der Waals surface area (Å²) >= 11 is 0. The summed E-state index contributed by atoms with van der Waals surface area (Å²) in [5.41, 5.74) is 0. The Morgan fingerprint density at radius 3 is 0.876 bits per heavy atom. The first-order valence-electron chi connectivity index (χ1n) is 40.0. The minimum Gasteiger partial charge on any atom is -0.477 e. The molecule has 0 spiro atoms. The van der Waals surface area contributed by atoms with Crippen molar-refractivity contribution in [2.75, 3.05) is 47.5 Å². The van der Waals surface area contributed by atoms with E-state index in [0.29, 0.717) is 23.9 Å². The molecule has 0 amide bonds. The van der Waals surface area contributed by atoms with E-state index in [-0.39, 0.29) is 32.2 Å². The van der Waals surface area contributed by atoms with Gasteiger partial charge in [-0.1, -0.05) is 365 Å². The summed E-state index contributed by atoms with van der Waals surface area (Å²) in [5, 5.41) is 9.77. The van der Waals surface area contributed by atoms with Gasteiger partial charge < -0.3 is 28.5 Å². The molecule has 1 N–H and O–H groups in total. The van der Waals surface area contributed by atoms with E-state index in [1.165, 1.54) is 180 Å². The van der Waals surface area contributed by atoms with Crippen molar-refractivity contribution in [1.29, 1.82) is 0 Å². The van der Waals surface area contributed by atoms with Gasteiger partial charge in [0.05, 0.1) is 34.4 Å². The van der Waals surface area contributed by atoms with Crippen molar-refractivity contribution in [2.45, 2.75) is 347 Å². The number of nitrogens with zero attached hydrogens (tertiary/aromatic N) is 1. The van der Waals surface area contributed by atoms with E-state index in [0.717, 1.165) is 122 Å². The van der Waals surface area contributed by atoms with Crippen LogP contribution in [0.25, 0.3) is 0 Å². The second-order valence-corrected chi connectivity index (χ2v) is 27.7. The molecule has 9 heteroatoms. The molecule has 0 saturated heterocycles. The van der Waals surface area contributed by atoms with Crippen LogP contribution in [0, 0.1) is 0 Å². The summed E-state index contributed by atoms with van der Waals surface area (Å²) in [4.78, 5) is 37.7. The molecule has 0 aliphatic heterocycles. The van der Waals surface area contributed by atoms with Gasteiger partial charge in [-0.2, -0.15) is 0 Å². The Bertz CT molecular complexity index is 2110. The summed E-state index contributed by atoms with van der Waals surface area (Å²) in [6.45, 7) is 4.76. The van der Waals surface area contributed by atoms with Crippen LogP contribution in [0.3, 0.4) is 0 Å². The number of carboxylic acids is 1. The lowest BCUT2D eigenvalue weighted by atomic mass is 10.0. The Labute approximate surface area is 598 Å². The van der Waals surface area contributed by atoms with Gasteiger partial charge >= 0.3 is 17.9 Å². The van der Waals surface area contributed by atoms with Crippen LogP contribution in [0.5, 0.6) is 0 Å². The number of carboxylic acid groups (broad SMARTS) is 1. The number of hydrogen-bond acceptors (Lipinski definition) is 7. The van der Waals surface area contributed by atoms with Gasteiger partial charge in [-0.15, -0.1) is 0 Å². The number of carbonyl (C=O) groups excluding carboxylic acids is 2. The van der Waals surface area contributed by atoms with Gasteiger partial charge in [-0.3, -0.25) is 9.59 Å². The molecule has 0 aliphatic rings. The number of rotatable bonds is 73. The van der Waals surface area contributed by atoms with E-state index in [9.17, 15) is 19.5 Å². The average molecular weight is 1350 g/mol. The predicted octanol–water partition coefficient (Wildman–Crippen LogP) is 25.8. The molecule has 9 nitrogen and oxygen atoms in total. The summed E-state index contributed by atoms with van der Waals surface area (Å²) < 4.78 is 23.0. The van der Waals surface area contributed by atoms with Crippen LogP contribution in [0.2, 0.25) is 0 Å². The zero-order valence-corrected chi connectivity index (χ0v) is 63.4. The van der Waals surface area contributed by atoms with Gasteiger partial charge in [0.15, 0.2) is 6.10 Å². The molecule has 0 aromatic carbocycles. The van der Waals surface area contributed by atoms with Crippen molar-refractivity contribution in [3.05, 3.63) is 146 Å². The highest BCUT2D eigenvalue weighted by Gasteiger charge is 2.25. The van der Waals surface area contributed by atoms with Gasteiger partial charge in [0, 0.05) is 12.8 Å². The Kier molecular flexibility index (Phi) is 73.1. The Morgan fingerprint density at radius 1 is 0.320 bits per heavy atom. The highest BCUT2D eigenvalue weighted by Crippen LogP contribution is 2.18. The molecule has 0 saturated carbocycles. The number of quaternary nitrogens is 1. The lowest BCUT2D eigenvalue weighted by molar-refractivity contribution is -0.870. The second kappa shape index (κ2) is 76.9. The quantitative estimate of drug-likeness (QED) is 0.0211. The molecule has 0 aliphatic carbocycles. The molecule has 0 rings (SSSR count). The van der Waals surface area contributed by atoms with Crippen molar-refractivity contribution in [3.63, 3.8) is 0 Å². The number of carbonyl (C=O) groups is 3. The van der Waals surface area contributed by atoms with Crippen molar-refractivity contribution in [1.82, 2.24) is 0 Å². The van der Waals surface area contributed by atoms with Crippen LogP contribution in [0.15, 0.2) is 146 Å². The number of ether oxygens (including phenoxy) is 4. The Balaban J connectivity index is 4.15. The standard InChI is InChI=1S/C88H149NO8/c1-6-8-10-12-14-16-18-20-22-24-26-28-30-32-34-36-38-39-40-41-42-43-44-45-46-47-49-51-53-55-57-59-61-63-65-67-69-71-73-75-77-79-86(91)97-84(83-96-88(87(92)93)94-81-80-89(3,4)5)82-95-85(90)78-76-74-72-70-68-66-64-62-60-58-56-54-52-50-48-37-35-33-31-29-27-25-23-21-19-17-15-13-11-9-7-2/h8,10,14,16,20,22,26,28,32,34,38-39,41-42,44-45,47,49,53,55,59,61,65,67,84,88H,6-7,9,11-13,15,17-19,21,23-25,27,29-31,33,35-37,40,43,46,48,50-52,54,56-58,60,62-64,66,68-83H2,1-5H3/p+1/b10-8-,16-14-,22-20-,28-26-,34-32-,39-38-,42-41-,45-44-,49-47-,55-53-,61-59-,67-65-. The molecule has 0 aromatic heterocycles. The number of allylic oxidation sites excluding steroid dienone is 24. The highest BCUT2D eigenvalue weighted by atomic mass is 16.7. The predicted molar refractivity (Wildman–Crippen MR) is 419 cm³/mol. The number of unbranched alkanes of at least 4 members (excludes halogenated alkanes) is 34. The largest absolute Gasteiger partial charge is 0.477 e. The van der Waals surface area contributed by atoms with E-state index >= 15 is 0 Å². The SMILES string of the molecule is CC/C=C\C/C=C\C/C=C\C/C=C\C/C=C\C/C=C\C/C=C\C/C=C\C/C=C\C/C=C\C/C=C\C/C=C\CCCCCCC(=O)OC(COC(=O)CCCCCCCCCCCCCCCCCCCCCCCCCCCCCCCCC)COC(OCC[N+](C)(C)C)C(=O)O. The fourth-order valence-electron chi connectivity index (χ4n) is 11.1. The fraction of sp³-hybridized carbons (Fsp3) is 0.693. The third kappa shape index (κ3) is 78.4. The first-order valence-corrected chi connectivity index (χ1v) is 40.0. The minimum absolute atomic E-state index is 0.177. The Morgan fingerprint density at radius 2 is 0.588 bits per heavy atom. The van der Waals surface area contributed by atoms with Crippen LogP contribution < -0.4 is 0 Å². The van der Waals surface area contributed by atoms with Crippen LogP contribution in [0.4, 0.5) is 0 Å². The third-order valence-electron chi connectivity index (χ3n) is 17.1. The topological polar surface area (TPSA) is 108 Å². The molecular weight excluding hydrogens is 1200 g/mol. The van der Waals surface area contributed by atoms with Crippen molar-refractivity contribution < 1.29 is 42.9 Å². The van der Waals surface area contributed by atoms with E-state index < -0.39 is 24.3 Å². The van der Waals surface area contributed by atoms with E-state index in [4.69, 9.17) is 18.9 Å². The highest BCUT2D eigenvalue weighted by molar-refractivity contribution is 5.71. The van der Waals surface area contributed by atoms with Gasteiger partial charge in [0.25, 0.3) is 6.29 Å². The zero-order chi connectivity index (χ0) is 70.4. The van der Waals surface area contributed by atoms with Crippen molar-refractivity contribution in [3.8, 4) is 0 Å². The molecule has 0 radical (unpaired) electrons.